The van der Waals surface area contributed by atoms with Crippen LogP contribution in [0.5, 0.6) is 0 Å². The van der Waals surface area contributed by atoms with Gasteiger partial charge in [-0.2, -0.15) is 4.31 Å². The number of fused-ring (bicyclic) bond motifs is 1. The van der Waals surface area contributed by atoms with Gasteiger partial charge in [0.15, 0.2) is 0 Å². The van der Waals surface area contributed by atoms with Crippen molar-refractivity contribution in [2.75, 3.05) is 18.4 Å². The summed E-state index contributed by atoms with van der Waals surface area (Å²) in [5, 5.41) is 3.02. The Morgan fingerprint density at radius 2 is 1.79 bits per heavy atom. The lowest BCUT2D eigenvalue weighted by molar-refractivity contribution is 0.102. The monoisotopic (exact) mass is 400 g/mol. The van der Waals surface area contributed by atoms with Crippen molar-refractivity contribution in [1.29, 1.82) is 0 Å². The Kier molecular flexibility index (Phi) is 6.20. The molecule has 0 spiro atoms. The standard InChI is InChI=1S/C22H28N2O3S/c1-4-24(5-2)28(26,27)18-14-13-16(3)20(15-18)22(25)23-21-12-8-10-17-9-6-7-11-19(17)21/h8,10,12-15H,4-7,9,11H2,1-3H3,(H,23,25). The molecule has 0 saturated carbocycles. The Bertz CT molecular complexity index is 979. The Hall–Kier alpha value is -2.18. The molecule has 0 bridgehead atoms. The summed E-state index contributed by atoms with van der Waals surface area (Å²) in [6.07, 6.45) is 4.29. The Morgan fingerprint density at radius 3 is 2.50 bits per heavy atom. The van der Waals surface area contributed by atoms with Crippen LogP contribution in [0.3, 0.4) is 0 Å². The highest BCUT2D eigenvalue weighted by Crippen LogP contribution is 2.28. The number of carbonyl (C=O) groups is 1. The molecule has 2 aromatic rings. The maximum Gasteiger partial charge on any atom is 0.255 e. The summed E-state index contributed by atoms with van der Waals surface area (Å²) in [6.45, 7) is 6.22. The topological polar surface area (TPSA) is 66.5 Å². The lowest BCUT2D eigenvalue weighted by Crippen LogP contribution is -2.30. The van der Waals surface area contributed by atoms with Crippen molar-refractivity contribution in [2.45, 2.75) is 51.3 Å². The number of hydrogen-bond donors (Lipinski definition) is 1. The molecule has 6 heteroatoms. The van der Waals surface area contributed by atoms with Gasteiger partial charge in [-0.05, 0) is 67.5 Å². The summed E-state index contributed by atoms with van der Waals surface area (Å²) < 4.78 is 27.0. The summed E-state index contributed by atoms with van der Waals surface area (Å²) in [5.41, 5.74) is 4.46. The van der Waals surface area contributed by atoms with E-state index in [-0.39, 0.29) is 10.8 Å². The maximum atomic E-state index is 13.0. The second-order valence-corrected chi connectivity index (χ2v) is 9.11. The van der Waals surface area contributed by atoms with Gasteiger partial charge in [-0.1, -0.05) is 32.0 Å². The fourth-order valence-electron chi connectivity index (χ4n) is 3.81. The molecule has 0 saturated heterocycles. The van der Waals surface area contributed by atoms with E-state index in [4.69, 9.17) is 0 Å². The minimum Gasteiger partial charge on any atom is -0.322 e. The lowest BCUT2D eigenvalue weighted by atomic mass is 9.90. The van der Waals surface area contributed by atoms with E-state index in [0.717, 1.165) is 30.5 Å². The number of nitrogens with one attached hydrogen (secondary N) is 1. The molecule has 0 radical (unpaired) electrons. The number of benzene rings is 2. The summed E-state index contributed by atoms with van der Waals surface area (Å²) >= 11 is 0. The molecule has 1 aliphatic carbocycles. The summed E-state index contributed by atoms with van der Waals surface area (Å²) in [7, 11) is -3.61. The van der Waals surface area contributed by atoms with Crippen molar-refractivity contribution in [3.63, 3.8) is 0 Å². The predicted molar refractivity (Wildman–Crippen MR) is 112 cm³/mol. The number of anilines is 1. The zero-order chi connectivity index (χ0) is 20.3. The van der Waals surface area contributed by atoms with Gasteiger partial charge in [-0.25, -0.2) is 8.42 Å². The molecule has 0 fully saturated rings. The first-order chi connectivity index (χ1) is 13.4. The fourth-order valence-corrected chi connectivity index (χ4v) is 5.29. The second-order valence-electron chi connectivity index (χ2n) is 7.17. The van der Waals surface area contributed by atoms with Gasteiger partial charge < -0.3 is 5.32 Å². The molecule has 0 heterocycles. The predicted octanol–water partition coefficient (Wildman–Crippen LogP) is 4.16. The molecule has 3 rings (SSSR count). The van der Waals surface area contributed by atoms with Crippen LogP contribution in [-0.4, -0.2) is 31.7 Å². The number of sulfonamides is 1. The Labute approximate surface area is 167 Å². The highest BCUT2D eigenvalue weighted by Gasteiger charge is 2.24. The van der Waals surface area contributed by atoms with Crippen LogP contribution in [0, 0.1) is 6.92 Å². The molecule has 0 atom stereocenters. The molecule has 0 aromatic heterocycles. The molecule has 0 unspecified atom stereocenters. The number of amides is 1. The molecule has 1 aliphatic rings. The molecule has 28 heavy (non-hydrogen) atoms. The van der Waals surface area contributed by atoms with E-state index in [1.54, 1.807) is 26.0 Å². The van der Waals surface area contributed by atoms with E-state index in [1.807, 2.05) is 19.1 Å². The summed E-state index contributed by atoms with van der Waals surface area (Å²) in [4.78, 5) is 13.1. The maximum absolute atomic E-state index is 13.0. The van der Waals surface area contributed by atoms with Crippen molar-refractivity contribution in [2.24, 2.45) is 0 Å². The Balaban J connectivity index is 1.93. The molecular weight excluding hydrogens is 372 g/mol. The number of aryl methyl sites for hydroxylation is 2. The number of hydrogen-bond acceptors (Lipinski definition) is 3. The molecule has 150 valence electrons. The zero-order valence-electron chi connectivity index (χ0n) is 16.8. The second kappa shape index (κ2) is 8.45. The van der Waals surface area contributed by atoms with Crippen molar-refractivity contribution in [1.82, 2.24) is 4.31 Å². The van der Waals surface area contributed by atoms with Gasteiger partial charge in [0, 0.05) is 24.3 Å². The average molecular weight is 401 g/mol. The average Bonchev–Trinajstić information content (AvgIpc) is 2.69. The normalized spacial score (nSPS) is 14.0. The van der Waals surface area contributed by atoms with Gasteiger partial charge in [0.25, 0.3) is 5.91 Å². The van der Waals surface area contributed by atoms with Gasteiger partial charge in [0.1, 0.15) is 0 Å². The van der Waals surface area contributed by atoms with Gasteiger partial charge in [-0.3, -0.25) is 4.79 Å². The minimum absolute atomic E-state index is 0.155. The quantitative estimate of drug-likeness (QED) is 0.792. The summed E-state index contributed by atoms with van der Waals surface area (Å²) in [6, 6.07) is 10.8. The van der Waals surface area contributed by atoms with E-state index < -0.39 is 10.0 Å². The molecule has 2 aromatic carbocycles. The number of nitrogens with zero attached hydrogens (tertiary/aromatic N) is 1. The third kappa shape index (κ3) is 3.98. The third-order valence-electron chi connectivity index (χ3n) is 5.44. The van der Waals surface area contributed by atoms with E-state index in [2.05, 4.69) is 11.4 Å². The highest BCUT2D eigenvalue weighted by atomic mass is 32.2. The van der Waals surface area contributed by atoms with Crippen molar-refractivity contribution in [3.05, 3.63) is 58.7 Å². The van der Waals surface area contributed by atoms with E-state index in [0.29, 0.717) is 18.7 Å². The largest absolute Gasteiger partial charge is 0.322 e. The van der Waals surface area contributed by atoms with Gasteiger partial charge in [0.05, 0.1) is 4.90 Å². The lowest BCUT2D eigenvalue weighted by Gasteiger charge is -2.21. The van der Waals surface area contributed by atoms with Crippen LogP contribution in [0.15, 0.2) is 41.3 Å². The Morgan fingerprint density at radius 1 is 1.07 bits per heavy atom. The highest BCUT2D eigenvalue weighted by molar-refractivity contribution is 7.89. The van der Waals surface area contributed by atoms with Crippen LogP contribution in [0.4, 0.5) is 5.69 Å². The molecule has 1 N–H and O–H groups in total. The van der Waals surface area contributed by atoms with E-state index >= 15 is 0 Å². The van der Waals surface area contributed by atoms with Gasteiger partial charge in [0.2, 0.25) is 10.0 Å². The molecular formula is C22H28N2O3S. The smallest absolute Gasteiger partial charge is 0.255 e. The van der Waals surface area contributed by atoms with Crippen molar-refractivity contribution in [3.8, 4) is 0 Å². The van der Waals surface area contributed by atoms with Crippen LogP contribution >= 0.6 is 0 Å². The third-order valence-corrected chi connectivity index (χ3v) is 7.49. The first-order valence-electron chi connectivity index (χ1n) is 9.91. The van der Waals surface area contributed by atoms with Gasteiger partial charge in [-0.15, -0.1) is 0 Å². The number of rotatable bonds is 6. The first kappa shape index (κ1) is 20.6. The first-order valence-corrected chi connectivity index (χ1v) is 11.4. The van der Waals surface area contributed by atoms with Crippen LogP contribution in [0.2, 0.25) is 0 Å². The molecule has 1 amide bonds. The van der Waals surface area contributed by atoms with Gasteiger partial charge >= 0.3 is 0 Å². The SMILES string of the molecule is CCN(CC)S(=O)(=O)c1ccc(C)c(C(=O)Nc2cccc3c2CCCC3)c1. The minimum atomic E-state index is -3.61. The molecule has 0 aliphatic heterocycles. The van der Waals surface area contributed by atoms with Crippen LogP contribution in [0.25, 0.3) is 0 Å². The van der Waals surface area contributed by atoms with Crippen LogP contribution in [0.1, 0.15) is 53.7 Å². The fraction of sp³-hybridized carbons (Fsp3) is 0.409. The van der Waals surface area contributed by atoms with E-state index in [9.17, 15) is 13.2 Å². The summed E-state index contributed by atoms with van der Waals surface area (Å²) in [5.74, 6) is -0.270. The van der Waals surface area contributed by atoms with E-state index in [1.165, 1.54) is 27.9 Å². The zero-order valence-corrected chi connectivity index (χ0v) is 17.6. The molecule has 5 nitrogen and oxygen atoms in total. The van der Waals surface area contributed by atoms with Crippen molar-refractivity contribution < 1.29 is 13.2 Å². The van der Waals surface area contributed by atoms with Crippen LogP contribution < -0.4 is 5.32 Å². The van der Waals surface area contributed by atoms with Crippen molar-refractivity contribution >= 4 is 21.6 Å². The van der Waals surface area contributed by atoms with Crippen LogP contribution in [-0.2, 0) is 22.9 Å². The number of carbonyl (C=O) groups excluding carboxylic acids is 1.